The highest BCUT2D eigenvalue weighted by molar-refractivity contribution is 7.89. The molecular formula is C12H13FN2O4S. The van der Waals surface area contributed by atoms with E-state index in [1.54, 1.807) is 6.07 Å². The predicted molar refractivity (Wildman–Crippen MR) is 67.8 cm³/mol. The summed E-state index contributed by atoms with van der Waals surface area (Å²) in [7, 11) is -4.11. The lowest BCUT2D eigenvalue weighted by molar-refractivity contribution is -0.137. The maximum absolute atomic E-state index is 13.2. The van der Waals surface area contributed by atoms with Crippen molar-refractivity contribution >= 4 is 16.0 Å². The van der Waals surface area contributed by atoms with Crippen LogP contribution < -0.4 is 0 Å². The molecule has 0 saturated carbocycles. The second-order valence-corrected chi connectivity index (χ2v) is 6.18. The Morgan fingerprint density at radius 3 is 2.55 bits per heavy atom. The number of halogens is 1. The Morgan fingerprint density at radius 1 is 1.50 bits per heavy atom. The highest BCUT2D eigenvalue weighted by Gasteiger charge is 2.29. The molecule has 0 radical (unpaired) electrons. The quantitative estimate of drug-likeness (QED) is 0.880. The van der Waals surface area contributed by atoms with Gasteiger partial charge in [0.25, 0.3) is 0 Å². The number of sulfonamides is 1. The number of nitriles is 1. The summed E-state index contributed by atoms with van der Waals surface area (Å²) >= 11 is 0. The van der Waals surface area contributed by atoms with Crippen LogP contribution in [0.15, 0.2) is 23.1 Å². The first kappa shape index (κ1) is 16.1. The molecular weight excluding hydrogens is 287 g/mol. The monoisotopic (exact) mass is 300 g/mol. The normalized spacial score (nSPS) is 11.6. The van der Waals surface area contributed by atoms with Gasteiger partial charge in [0.15, 0.2) is 0 Å². The van der Waals surface area contributed by atoms with Crippen LogP contribution in [0.3, 0.4) is 0 Å². The Morgan fingerprint density at radius 2 is 2.10 bits per heavy atom. The van der Waals surface area contributed by atoms with Gasteiger partial charge in [-0.15, -0.1) is 0 Å². The van der Waals surface area contributed by atoms with Crippen LogP contribution in [0.5, 0.6) is 0 Å². The summed E-state index contributed by atoms with van der Waals surface area (Å²) in [4.78, 5) is 10.4. The molecule has 0 unspecified atom stereocenters. The van der Waals surface area contributed by atoms with Crippen molar-refractivity contribution in [3.05, 3.63) is 29.6 Å². The van der Waals surface area contributed by atoms with E-state index in [2.05, 4.69) is 0 Å². The van der Waals surface area contributed by atoms with E-state index in [9.17, 15) is 17.6 Å². The molecule has 20 heavy (non-hydrogen) atoms. The second-order valence-electron chi connectivity index (χ2n) is 4.29. The Bertz CT molecular complexity index is 665. The number of carboxylic acid groups (broad SMARTS) is 1. The van der Waals surface area contributed by atoms with Crippen molar-refractivity contribution in [2.75, 3.05) is 6.54 Å². The molecule has 0 aliphatic rings. The van der Waals surface area contributed by atoms with Crippen molar-refractivity contribution in [3.63, 3.8) is 0 Å². The zero-order chi connectivity index (χ0) is 15.5. The highest BCUT2D eigenvalue weighted by Crippen LogP contribution is 2.20. The van der Waals surface area contributed by atoms with Crippen LogP contribution in [-0.2, 0) is 14.8 Å². The average molecular weight is 300 g/mol. The van der Waals surface area contributed by atoms with Crippen LogP contribution in [0.25, 0.3) is 0 Å². The largest absolute Gasteiger partial charge is 0.480 e. The van der Waals surface area contributed by atoms with Crippen LogP contribution in [0.4, 0.5) is 4.39 Å². The number of benzene rings is 1. The van der Waals surface area contributed by atoms with E-state index >= 15 is 0 Å². The molecule has 8 heteroatoms. The van der Waals surface area contributed by atoms with Crippen molar-refractivity contribution in [1.29, 1.82) is 5.26 Å². The van der Waals surface area contributed by atoms with E-state index < -0.39 is 40.0 Å². The molecule has 1 rings (SSSR count). The number of carboxylic acids is 1. The molecule has 108 valence electrons. The van der Waals surface area contributed by atoms with Crippen molar-refractivity contribution in [3.8, 4) is 6.07 Å². The van der Waals surface area contributed by atoms with E-state index in [1.165, 1.54) is 13.8 Å². The first-order chi connectivity index (χ1) is 9.20. The molecule has 0 saturated heterocycles. The average Bonchev–Trinajstić information content (AvgIpc) is 2.35. The minimum atomic E-state index is -4.11. The van der Waals surface area contributed by atoms with Gasteiger partial charge in [-0.05, 0) is 32.0 Å². The smallest absolute Gasteiger partial charge is 0.318 e. The van der Waals surface area contributed by atoms with Crippen LogP contribution >= 0.6 is 0 Å². The van der Waals surface area contributed by atoms with Gasteiger partial charge in [-0.1, -0.05) is 0 Å². The number of hydrogen-bond acceptors (Lipinski definition) is 4. The third kappa shape index (κ3) is 3.31. The van der Waals surface area contributed by atoms with Gasteiger partial charge in [-0.3, -0.25) is 4.79 Å². The molecule has 0 atom stereocenters. The molecule has 0 fully saturated rings. The SMILES string of the molecule is CC(C)N(CC(=O)O)S(=O)(=O)c1ccc(F)c(C#N)c1. The van der Waals surface area contributed by atoms with Crippen LogP contribution in [0.1, 0.15) is 19.4 Å². The maximum atomic E-state index is 13.2. The van der Waals surface area contributed by atoms with Gasteiger partial charge in [0, 0.05) is 6.04 Å². The molecule has 0 spiro atoms. The van der Waals surface area contributed by atoms with E-state index in [-0.39, 0.29) is 4.90 Å². The first-order valence-electron chi connectivity index (χ1n) is 5.63. The fraction of sp³-hybridized carbons (Fsp3) is 0.333. The summed E-state index contributed by atoms with van der Waals surface area (Å²) < 4.78 is 38.6. The van der Waals surface area contributed by atoms with Gasteiger partial charge in [0.05, 0.1) is 10.5 Å². The number of hydrogen-bond donors (Lipinski definition) is 1. The summed E-state index contributed by atoms with van der Waals surface area (Å²) in [6.07, 6.45) is 0. The Labute approximate surface area is 116 Å². The minimum Gasteiger partial charge on any atom is -0.480 e. The van der Waals surface area contributed by atoms with E-state index in [4.69, 9.17) is 10.4 Å². The van der Waals surface area contributed by atoms with Gasteiger partial charge < -0.3 is 5.11 Å². The Kier molecular flexibility index (Phi) is 4.81. The fourth-order valence-corrected chi connectivity index (χ4v) is 3.18. The number of nitrogens with zero attached hydrogens (tertiary/aromatic N) is 2. The van der Waals surface area contributed by atoms with Crippen molar-refractivity contribution in [1.82, 2.24) is 4.31 Å². The Balaban J connectivity index is 3.34. The molecule has 1 aromatic carbocycles. The Hall–Kier alpha value is -1.98. The molecule has 0 amide bonds. The molecule has 1 aromatic rings. The number of carbonyl (C=O) groups is 1. The van der Waals surface area contributed by atoms with Gasteiger partial charge in [-0.2, -0.15) is 9.57 Å². The fourth-order valence-electron chi connectivity index (χ4n) is 1.56. The van der Waals surface area contributed by atoms with Crippen molar-refractivity contribution in [2.45, 2.75) is 24.8 Å². The van der Waals surface area contributed by atoms with Crippen LogP contribution in [-0.4, -0.2) is 36.4 Å². The van der Waals surface area contributed by atoms with Crippen LogP contribution in [0, 0.1) is 17.1 Å². The molecule has 0 heterocycles. The third-order valence-electron chi connectivity index (χ3n) is 2.53. The topological polar surface area (TPSA) is 98.5 Å². The van der Waals surface area contributed by atoms with Gasteiger partial charge in [0.1, 0.15) is 18.4 Å². The lowest BCUT2D eigenvalue weighted by atomic mass is 10.2. The molecule has 1 N–H and O–H groups in total. The minimum absolute atomic E-state index is 0.314. The predicted octanol–water partition coefficient (Wildman–Crippen LogP) is 1.18. The summed E-state index contributed by atoms with van der Waals surface area (Å²) in [5, 5.41) is 17.5. The third-order valence-corrected chi connectivity index (χ3v) is 4.55. The number of aliphatic carboxylic acids is 1. The number of rotatable bonds is 5. The maximum Gasteiger partial charge on any atom is 0.318 e. The lowest BCUT2D eigenvalue weighted by Crippen LogP contribution is -2.40. The van der Waals surface area contributed by atoms with E-state index in [1.807, 2.05) is 0 Å². The zero-order valence-corrected chi connectivity index (χ0v) is 11.7. The zero-order valence-electron chi connectivity index (χ0n) is 10.9. The van der Waals surface area contributed by atoms with E-state index in [0.717, 1.165) is 22.5 Å². The summed E-state index contributed by atoms with van der Waals surface area (Å²) in [5.74, 6) is -2.13. The van der Waals surface area contributed by atoms with Crippen molar-refractivity contribution in [2.24, 2.45) is 0 Å². The van der Waals surface area contributed by atoms with Gasteiger partial charge in [0.2, 0.25) is 10.0 Å². The van der Waals surface area contributed by atoms with Gasteiger partial charge in [-0.25, -0.2) is 12.8 Å². The van der Waals surface area contributed by atoms with Crippen molar-refractivity contribution < 1.29 is 22.7 Å². The lowest BCUT2D eigenvalue weighted by Gasteiger charge is -2.24. The molecule has 0 aliphatic heterocycles. The summed E-state index contributed by atoms with van der Waals surface area (Å²) in [6.45, 7) is 2.34. The first-order valence-corrected chi connectivity index (χ1v) is 7.07. The van der Waals surface area contributed by atoms with Crippen LogP contribution in [0.2, 0.25) is 0 Å². The van der Waals surface area contributed by atoms with Gasteiger partial charge >= 0.3 is 5.97 Å². The molecule has 0 aromatic heterocycles. The molecule has 0 aliphatic carbocycles. The summed E-state index contributed by atoms with van der Waals surface area (Å²) in [6, 6.07) is 3.71. The summed E-state index contributed by atoms with van der Waals surface area (Å²) in [5.41, 5.74) is -0.412. The second kappa shape index (κ2) is 5.98. The standard InChI is InChI=1S/C12H13FN2O4S/c1-8(2)15(7-12(16)17)20(18,19)10-3-4-11(13)9(5-10)6-14/h3-5,8H,7H2,1-2H3,(H,16,17). The molecule has 0 bridgehead atoms. The molecule has 6 nitrogen and oxygen atoms in total. The van der Waals surface area contributed by atoms with E-state index in [0.29, 0.717) is 0 Å². The highest BCUT2D eigenvalue weighted by atomic mass is 32.2.